The first kappa shape index (κ1) is 15.1. The Morgan fingerprint density at radius 1 is 1.35 bits per heavy atom. The van der Waals surface area contributed by atoms with E-state index in [1.807, 2.05) is 25.1 Å². The fourth-order valence-corrected chi connectivity index (χ4v) is 2.40. The maximum absolute atomic E-state index is 12.1. The molecule has 1 aromatic heterocycles. The van der Waals surface area contributed by atoms with Crippen molar-refractivity contribution in [3.05, 3.63) is 35.6 Å². The van der Waals surface area contributed by atoms with Gasteiger partial charge in [-0.25, -0.2) is 0 Å². The second-order valence-electron chi connectivity index (χ2n) is 5.43. The molecular weight excluding hydrogens is 298 g/mol. The predicted molar refractivity (Wildman–Crippen MR) is 83.5 cm³/mol. The van der Waals surface area contributed by atoms with Crippen LogP contribution >= 0.6 is 0 Å². The van der Waals surface area contributed by atoms with Gasteiger partial charge in [-0.2, -0.15) is 0 Å². The topological polar surface area (TPSA) is 84.7 Å². The molecule has 0 unspecified atom stereocenters. The molecule has 1 aliphatic heterocycles. The van der Waals surface area contributed by atoms with Crippen LogP contribution in [0.3, 0.4) is 0 Å². The Morgan fingerprint density at radius 3 is 2.91 bits per heavy atom. The van der Waals surface area contributed by atoms with Crippen molar-refractivity contribution in [3.8, 4) is 5.75 Å². The highest BCUT2D eigenvalue weighted by molar-refractivity contribution is 5.99. The highest BCUT2D eigenvalue weighted by Gasteiger charge is 2.25. The number of rotatable bonds is 4. The highest BCUT2D eigenvalue weighted by Crippen LogP contribution is 2.32. The van der Waals surface area contributed by atoms with Gasteiger partial charge in [0.15, 0.2) is 12.4 Å². The van der Waals surface area contributed by atoms with E-state index in [1.54, 1.807) is 17.9 Å². The van der Waals surface area contributed by atoms with Gasteiger partial charge in [-0.3, -0.25) is 9.59 Å². The molecule has 0 saturated carbocycles. The van der Waals surface area contributed by atoms with Crippen molar-refractivity contribution in [3.63, 3.8) is 0 Å². The average molecular weight is 315 g/mol. The molecule has 7 nitrogen and oxygen atoms in total. The van der Waals surface area contributed by atoms with Crippen LogP contribution in [0.15, 0.2) is 28.8 Å². The number of aryl methyl sites for hydroxylation is 2. The summed E-state index contributed by atoms with van der Waals surface area (Å²) < 4.78 is 10.3. The summed E-state index contributed by atoms with van der Waals surface area (Å²) in [6, 6.07) is 7.27. The minimum atomic E-state index is -0.230. The quantitative estimate of drug-likeness (QED) is 0.933. The van der Waals surface area contributed by atoms with E-state index < -0.39 is 0 Å². The molecule has 1 N–H and O–H groups in total. The molecule has 7 heteroatoms. The number of anilines is 2. The van der Waals surface area contributed by atoms with Gasteiger partial charge in [-0.05, 0) is 31.5 Å². The summed E-state index contributed by atoms with van der Waals surface area (Å²) in [7, 11) is 0. The molecule has 0 fully saturated rings. The Hall–Kier alpha value is -2.83. The fourth-order valence-electron chi connectivity index (χ4n) is 2.40. The number of carbonyl (C=O) groups is 2. The van der Waals surface area contributed by atoms with Crippen molar-refractivity contribution < 1.29 is 18.8 Å². The van der Waals surface area contributed by atoms with Crippen LogP contribution in [0, 0.1) is 13.8 Å². The van der Waals surface area contributed by atoms with Gasteiger partial charge < -0.3 is 19.5 Å². The van der Waals surface area contributed by atoms with Gasteiger partial charge in [0.1, 0.15) is 11.5 Å². The zero-order chi connectivity index (χ0) is 16.4. The van der Waals surface area contributed by atoms with Crippen LogP contribution in [0.5, 0.6) is 5.75 Å². The second kappa shape index (κ2) is 6.12. The largest absolute Gasteiger partial charge is 0.482 e. The van der Waals surface area contributed by atoms with Gasteiger partial charge in [-0.15, -0.1) is 0 Å². The first-order chi connectivity index (χ1) is 11.0. The van der Waals surface area contributed by atoms with Crippen LogP contribution in [0.1, 0.15) is 17.7 Å². The average Bonchev–Trinajstić information content (AvgIpc) is 2.91. The number of ether oxygens (including phenoxy) is 1. The molecule has 1 aromatic carbocycles. The molecule has 0 atom stereocenters. The first-order valence-corrected chi connectivity index (χ1v) is 7.30. The minimum Gasteiger partial charge on any atom is -0.482 e. The third-order valence-electron chi connectivity index (χ3n) is 3.52. The van der Waals surface area contributed by atoms with Crippen LogP contribution in [0.4, 0.5) is 11.5 Å². The summed E-state index contributed by atoms with van der Waals surface area (Å²) in [6.07, 6.45) is 0.158. The Balaban J connectivity index is 1.67. The highest BCUT2D eigenvalue weighted by atomic mass is 16.5. The van der Waals surface area contributed by atoms with Gasteiger partial charge in [0.2, 0.25) is 5.91 Å². The molecule has 2 heterocycles. The molecular formula is C16H17N3O4. The third kappa shape index (κ3) is 3.33. The zero-order valence-electron chi connectivity index (χ0n) is 13.0. The molecule has 0 aliphatic carbocycles. The molecule has 0 spiro atoms. The number of fused-ring (bicyclic) bond motifs is 1. The summed E-state index contributed by atoms with van der Waals surface area (Å²) in [5.74, 6) is 1.26. The second-order valence-corrected chi connectivity index (χ2v) is 5.43. The number of nitrogens with one attached hydrogen (secondary N) is 1. The predicted octanol–water partition coefficient (Wildman–Crippen LogP) is 2.05. The smallest absolute Gasteiger partial charge is 0.265 e. The number of benzene rings is 1. The lowest BCUT2D eigenvalue weighted by molar-refractivity contribution is -0.121. The zero-order valence-corrected chi connectivity index (χ0v) is 13.0. The molecule has 0 radical (unpaired) electrons. The van der Waals surface area contributed by atoms with Crippen LogP contribution in [0.2, 0.25) is 0 Å². The summed E-state index contributed by atoms with van der Waals surface area (Å²) in [5.41, 5.74) is 1.72. The van der Waals surface area contributed by atoms with Crippen molar-refractivity contribution in [2.45, 2.75) is 20.3 Å². The van der Waals surface area contributed by atoms with Crippen LogP contribution in [-0.4, -0.2) is 30.1 Å². The monoisotopic (exact) mass is 315 g/mol. The lowest BCUT2D eigenvalue weighted by atomic mass is 10.1. The Morgan fingerprint density at radius 2 is 2.17 bits per heavy atom. The third-order valence-corrected chi connectivity index (χ3v) is 3.52. The lowest BCUT2D eigenvalue weighted by Crippen LogP contribution is -2.40. The molecule has 0 saturated heterocycles. The number of nitrogens with zero attached hydrogens (tertiary/aromatic N) is 2. The van der Waals surface area contributed by atoms with Gasteiger partial charge in [0.05, 0.1) is 5.69 Å². The number of carbonyl (C=O) groups excluding carboxylic acids is 2. The van der Waals surface area contributed by atoms with Gasteiger partial charge in [0.25, 0.3) is 5.91 Å². The number of amides is 2. The van der Waals surface area contributed by atoms with Crippen molar-refractivity contribution in [1.82, 2.24) is 5.16 Å². The normalized spacial score (nSPS) is 13.5. The van der Waals surface area contributed by atoms with Gasteiger partial charge in [-0.1, -0.05) is 11.2 Å². The van der Waals surface area contributed by atoms with E-state index >= 15 is 0 Å². The minimum absolute atomic E-state index is 0.0137. The van der Waals surface area contributed by atoms with E-state index in [9.17, 15) is 9.59 Å². The Labute approximate surface area is 133 Å². The summed E-state index contributed by atoms with van der Waals surface area (Å²) in [5, 5.41) is 6.35. The number of aromatic nitrogens is 1. The van der Waals surface area contributed by atoms with Crippen LogP contribution in [0.25, 0.3) is 0 Å². The van der Waals surface area contributed by atoms with Crippen LogP contribution in [-0.2, 0) is 9.59 Å². The molecule has 2 aromatic rings. The first-order valence-electron chi connectivity index (χ1n) is 7.30. The summed E-state index contributed by atoms with van der Waals surface area (Å²) >= 11 is 0. The fraction of sp³-hybridized carbons (Fsp3) is 0.312. The Bertz CT molecular complexity index is 754. The van der Waals surface area contributed by atoms with Crippen molar-refractivity contribution >= 4 is 23.3 Å². The SMILES string of the molecule is Cc1ccc2c(c1)N(CCC(=O)Nc1cc(C)on1)C(=O)CO2. The lowest BCUT2D eigenvalue weighted by Gasteiger charge is -2.29. The van der Waals surface area contributed by atoms with Crippen molar-refractivity contribution in [2.75, 3.05) is 23.4 Å². The molecule has 120 valence electrons. The van der Waals surface area contributed by atoms with Crippen LogP contribution < -0.4 is 15.0 Å². The van der Waals surface area contributed by atoms with Gasteiger partial charge >= 0.3 is 0 Å². The molecule has 0 bridgehead atoms. The van der Waals surface area contributed by atoms with E-state index in [-0.39, 0.29) is 31.4 Å². The Kier molecular flexibility index (Phi) is 4.01. The molecule has 3 rings (SSSR count). The van der Waals surface area contributed by atoms with E-state index in [2.05, 4.69) is 10.5 Å². The molecule has 23 heavy (non-hydrogen) atoms. The molecule has 1 aliphatic rings. The summed E-state index contributed by atoms with van der Waals surface area (Å²) in [4.78, 5) is 25.7. The van der Waals surface area contributed by atoms with Gasteiger partial charge in [0, 0.05) is 19.0 Å². The standard InChI is InChI=1S/C16H17N3O4/c1-10-3-4-13-12(7-10)19(16(21)9-22-13)6-5-15(20)17-14-8-11(2)23-18-14/h3-4,7-8H,5-6,9H2,1-2H3,(H,17,18,20). The van der Waals surface area contributed by atoms with Crippen molar-refractivity contribution in [1.29, 1.82) is 0 Å². The molecule has 2 amide bonds. The maximum atomic E-state index is 12.1. The maximum Gasteiger partial charge on any atom is 0.265 e. The summed E-state index contributed by atoms with van der Waals surface area (Å²) in [6.45, 7) is 3.95. The van der Waals surface area contributed by atoms with E-state index in [1.165, 1.54) is 0 Å². The van der Waals surface area contributed by atoms with E-state index in [0.29, 0.717) is 23.0 Å². The van der Waals surface area contributed by atoms with E-state index in [0.717, 1.165) is 5.56 Å². The van der Waals surface area contributed by atoms with Crippen molar-refractivity contribution in [2.24, 2.45) is 0 Å². The van der Waals surface area contributed by atoms with E-state index in [4.69, 9.17) is 9.26 Å². The number of hydrogen-bond acceptors (Lipinski definition) is 5. The number of hydrogen-bond donors (Lipinski definition) is 1.